The highest BCUT2D eigenvalue weighted by Crippen LogP contribution is 2.29. The van der Waals surface area contributed by atoms with Crippen molar-refractivity contribution in [1.29, 1.82) is 0 Å². The summed E-state index contributed by atoms with van der Waals surface area (Å²) < 4.78 is 13.4. The summed E-state index contributed by atoms with van der Waals surface area (Å²) >= 11 is 0. The number of benzene rings is 1. The summed E-state index contributed by atoms with van der Waals surface area (Å²) in [5.41, 5.74) is 0.351. The maximum absolute atomic E-state index is 13.4. The molecule has 0 unspecified atom stereocenters. The Balaban J connectivity index is 2.45. The largest absolute Gasteiger partial charge is 0.493 e. The van der Waals surface area contributed by atoms with Gasteiger partial charge in [0.2, 0.25) is 11.7 Å². The lowest BCUT2D eigenvalue weighted by atomic mass is 10.2. The molecular formula is C12H10FN3O3. The average Bonchev–Trinajstić information content (AvgIpc) is 2.35. The molecule has 0 amide bonds. The van der Waals surface area contributed by atoms with Crippen molar-refractivity contribution in [1.82, 2.24) is 4.98 Å². The van der Waals surface area contributed by atoms with Gasteiger partial charge in [-0.15, -0.1) is 0 Å². The number of aromatic hydroxyl groups is 1. The number of anilines is 2. The monoisotopic (exact) mass is 263 g/mol. The van der Waals surface area contributed by atoms with Crippen LogP contribution in [0.2, 0.25) is 0 Å². The number of nitrogens with zero attached hydrogens (tertiary/aromatic N) is 2. The second kappa shape index (κ2) is 4.89. The summed E-state index contributed by atoms with van der Waals surface area (Å²) in [5, 5.41) is 22.8. The van der Waals surface area contributed by atoms with Gasteiger partial charge in [0.1, 0.15) is 5.82 Å². The fourth-order valence-electron chi connectivity index (χ4n) is 1.55. The van der Waals surface area contributed by atoms with Gasteiger partial charge in [0, 0.05) is 23.4 Å². The van der Waals surface area contributed by atoms with Gasteiger partial charge in [-0.1, -0.05) is 6.07 Å². The zero-order valence-corrected chi connectivity index (χ0v) is 9.92. The standard InChI is InChI=1S/C12H10FN3O3/c1-7-8(13)3-2-4-9(7)14-12-10(16(18)19)5-6-11(17)15-12/h2-6H,1H3,(H2,14,15,17). The van der Waals surface area contributed by atoms with E-state index in [0.717, 1.165) is 12.1 Å². The number of nitrogens with one attached hydrogen (secondary N) is 1. The molecule has 2 rings (SSSR count). The van der Waals surface area contributed by atoms with E-state index < -0.39 is 10.7 Å². The number of hydrogen-bond donors (Lipinski definition) is 2. The van der Waals surface area contributed by atoms with Crippen LogP contribution < -0.4 is 5.32 Å². The first-order chi connectivity index (χ1) is 8.99. The third-order valence-electron chi connectivity index (χ3n) is 2.58. The summed E-state index contributed by atoms with van der Waals surface area (Å²) in [6.45, 7) is 1.53. The van der Waals surface area contributed by atoms with Crippen molar-refractivity contribution < 1.29 is 14.4 Å². The summed E-state index contributed by atoms with van der Waals surface area (Å²) in [7, 11) is 0. The van der Waals surface area contributed by atoms with Crippen molar-refractivity contribution in [3.63, 3.8) is 0 Å². The first kappa shape index (κ1) is 12.7. The molecule has 0 atom stereocenters. The average molecular weight is 263 g/mol. The third kappa shape index (κ3) is 2.59. The van der Waals surface area contributed by atoms with Crippen molar-refractivity contribution in [3.05, 3.63) is 51.8 Å². The van der Waals surface area contributed by atoms with Crippen LogP contribution in [0, 0.1) is 22.9 Å². The van der Waals surface area contributed by atoms with E-state index in [1.807, 2.05) is 0 Å². The van der Waals surface area contributed by atoms with Gasteiger partial charge >= 0.3 is 5.69 Å². The summed E-state index contributed by atoms with van der Waals surface area (Å²) in [4.78, 5) is 13.9. The zero-order chi connectivity index (χ0) is 14.0. The van der Waals surface area contributed by atoms with Crippen LogP contribution in [0.5, 0.6) is 5.88 Å². The van der Waals surface area contributed by atoms with Crippen molar-refractivity contribution in [3.8, 4) is 5.88 Å². The molecule has 2 N–H and O–H groups in total. The number of pyridine rings is 1. The molecule has 7 heteroatoms. The minimum atomic E-state index is -0.636. The summed E-state index contributed by atoms with van der Waals surface area (Å²) in [6.07, 6.45) is 0. The predicted molar refractivity (Wildman–Crippen MR) is 67.0 cm³/mol. The van der Waals surface area contributed by atoms with Gasteiger partial charge in [-0.2, -0.15) is 4.98 Å². The van der Waals surface area contributed by atoms with E-state index in [1.165, 1.54) is 19.1 Å². The normalized spacial score (nSPS) is 10.2. The van der Waals surface area contributed by atoms with Gasteiger partial charge in [0.25, 0.3) is 0 Å². The zero-order valence-electron chi connectivity index (χ0n) is 9.92. The quantitative estimate of drug-likeness (QED) is 0.656. The van der Waals surface area contributed by atoms with Gasteiger partial charge in [0.15, 0.2) is 0 Å². The first-order valence-corrected chi connectivity index (χ1v) is 5.35. The Morgan fingerprint density at radius 1 is 1.37 bits per heavy atom. The fourth-order valence-corrected chi connectivity index (χ4v) is 1.55. The molecule has 0 aliphatic rings. The van der Waals surface area contributed by atoms with Crippen molar-refractivity contribution >= 4 is 17.2 Å². The summed E-state index contributed by atoms with van der Waals surface area (Å²) in [5.74, 6) is -0.936. The Hall–Kier alpha value is -2.70. The molecule has 2 aromatic rings. The van der Waals surface area contributed by atoms with Crippen LogP contribution in [0.3, 0.4) is 0 Å². The highest BCUT2D eigenvalue weighted by Gasteiger charge is 2.17. The third-order valence-corrected chi connectivity index (χ3v) is 2.58. The van der Waals surface area contributed by atoms with Crippen LogP contribution in [-0.4, -0.2) is 15.0 Å². The SMILES string of the molecule is Cc1c(F)cccc1Nc1nc(O)ccc1[N+](=O)[O-]. The molecular weight excluding hydrogens is 253 g/mol. The van der Waals surface area contributed by atoms with Crippen molar-refractivity contribution in [2.75, 3.05) is 5.32 Å². The van der Waals surface area contributed by atoms with E-state index >= 15 is 0 Å². The van der Waals surface area contributed by atoms with Gasteiger partial charge in [0.05, 0.1) is 4.92 Å². The van der Waals surface area contributed by atoms with E-state index in [1.54, 1.807) is 6.07 Å². The molecule has 0 aliphatic carbocycles. The second-order valence-electron chi connectivity index (χ2n) is 3.83. The van der Waals surface area contributed by atoms with Crippen LogP contribution in [0.15, 0.2) is 30.3 Å². The number of hydrogen-bond acceptors (Lipinski definition) is 5. The highest BCUT2D eigenvalue weighted by atomic mass is 19.1. The molecule has 0 bridgehead atoms. The Morgan fingerprint density at radius 2 is 2.11 bits per heavy atom. The Morgan fingerprint density at radius 3 is 2.79 bits per heavy atom. The van der Waals surface area contributed by atoms with Crippen LogP contribution in [-0.2, 0) is 0 Å². The van der Waals surface area contributed by atoms with Gasteiger partial charge < -0.3 is 10.4 Å². The van der Waals surface area contributed by atoms with E-state index in [2.05, 4.69) is 10.3 Å². The molecule has 1 aromatic heterocycles. The Bertz CT molecular complexity index is 646. The van der Waals surface area contributed by atoms with Gasteiger partial charge in [-0.3, -0.25) is 10.1 Å². The van der Waals surface area contributed by atoms with Gasteiger partial charge in [-0.05, 0) is 19.1 Å². The number of nitro groups is 1. The van der Waals surface area contributed by atoms with Crippen LogP contribution in [0.25, 0.3) is 0 Å². The maximum atomic E-state index is 13.4. The molecule has 0 spiro atoms. The molecule has 0 aliphatic heterocycles. The molecule has 0 fully saturated rings. The Kier molecular flexibility index (Phi) is 3.28. The van der Waals surface area contributed by atoms with Crippen molar-refractivity contribution in [2.45, 2.75) is 6.92 Å². The lowest BCUT2D eigenvalue weighted by Gasteiger charge is -2.09. The summed E-state index contributed by atoms with van der Waals surface area (Å²) in [6, 6.07) is 6.55. The van der Waals surface area contributed by atoms with E-state index in [-0.39, 0.29) is 17.4 Å². The minimum Gasteiger partial charge on any atom is -0.493 e. The molecule has 0 saturated carbocycles. The molecule has 0 saturated heterocycles. The fraction of sp³-hybridized carbons (Fsp3) is 0.0833. The minimum absolute atomic E-state index is 0.140. The molecule has 98 valence electrons. The first-order valence-electron chi connectivity index (χ1n) is 5.35. The number of aromatic nitrogens is 1. The number of rotatable bonds is 3. The lowest BCUT2D eigenvalue weighted by Crippen LogP contribution is -2.01. The predicted octanol–water partition coefficient (Wildman–Crippen LogP) is 2.89. The van der Waals surface area contributed by atoms with E-state index in [4.69, 9.17) is 0 Å². The highest BCUT2D eigenvalue weighted by molar-refractivity contribution is 5.68. The molecule has 0 radical (unpaired) electrons. The maximum Gasteiger partial charge on any atom is 0.311 e. The van der Waals surface area contributed by atoms with Crippen LogP contribution in [0.4, 0.5) is 21.6 Å². The molecule has 19 heavy (non-hydrogen) atoms. The second-order valence-corrected chi connectivity index (χ2v) is 3.83. The molecule has 1 aromatic carbocycles. The Labute approximate surface area is 107 Å². The topological polar surface area (TPSA) is 88.3 Å². The van der Waals surface area contributed by atoms with Crippen molar-refractivity contribution in [2.24, 2.45) is 0 Å². The van der Waals surface area contributed by atoms with Gasteiger partial charge in [-0.25, -0.2) is 4.39 Å². The molecule has 6 nitrogen and oxygen atoms in total. The smallest absolute Gasteiger partial charge is 0.311 e. The number of halogens is 1. The van der Waals surface area contributed by atoms with Crippen LogP contribution in [0.1, 0.15) is 5.56 Å². The molecule has 1 heterocycles. The van der Waals surface area contributed by atoms with Crippen LogP contribution >= 0.6 is 0 Å². The van der Waals surface area contributed by atoms with E-state index in [9.17, 15) is 19.6 Å². The lowest BCUT2D eigenvalue weighted by molar-refractivity contribution is -0.384. The van der Waals surface area contributed by atoms with E-state index in [0.29, 0.717) is 11.3 Å².